The summed E-state index contributed by atoms with van der Waals surface area (Å²) in [5.41, 5.74) is 3.25. The number of H-pyrrole nitrogens is 1. The fourth-order valence-electron chi connectivity index (χ4n) is 2.96. The minimum Gasteiger partial charge on any atom is -0.462 e. The Hall–Kier alpha value is -2.11. The van der Waals surface area contributed by atoms with Gasteiger partial charge in [0.15, 0.2) is 0 Å². The molecule has 0 aliphatic carbocycles. The van der Waals surface area contributed by atoms with Crippen molar-refractivity contribution in [2.45, 2.75) is 27.3 Å². The summed E-state index contributed by atoms with van der Waals surface area (Å²) in [6.45, 7) is 6.58. The fraction of sp³-hybridized carbons (Fsp3) is 0.368. The highest BCUT2D eigenvalue weighted by Crippen LogP contribution is 2.20. The number of halogens is 1. The van der Waals surface area contributed by atoms with Crippen LogP contribution in [-0.2, 0) is 11.3 Å². The number of carbonyl (C=O) groups is 2. The van der Waals surface area contributed by atoms with E-state index in [-0.39, 0.29) is 18.9 Å². The molecular formula is C19H24ClN2O3+. The van der Waals surface area contributed by atoms with Crippen LogP contribution in [0.25, 0.3) is 0 Å². The third-order valence-corrected chi connectivity index (χ3v) is 4.27. The third kappa shape index (κ3) is 4.71. The summed E-state index contributed by atoms with van der Waals surface area (Å²) in [6.07, 6.45) is 0. The molecule has 2 aromatic rings. The lowest BCUT2D eigenvalue weighted by Gasteiger charge is -2.14. The molecule has 2 N–H and O–H groups in total. The van der Waals surface area contributed by atoms with Crippen molar-refractivity contribution in [2.24, 2.45) is 0 Å². The molecule has 1 atom stereocenters. The van der Waals surface area contributed by atoms with Crippen LogP contribution < -0.4 is 4.90 Å². The van der Waals surface area contributed by atoms with E-state index in [1.165, 1.54) is 0 Å². The van der Waals surface area contributed by atoms with E-state index in [2.05, 4.69) is 4.98 Å². The molecule has 25 heavy (non-hydrogen) atoms. The van der Waals surface area contributed by atoms with Gasteiger partial charge in [-0.25, -0.2) is 4.79 Å². The number of hydrogen-bond acceptors (Lipinski definition) is 3. The second-order valence-electron chi connectivity index (χ2n) is 6.21. The molecule has 0 amide bonds. The van der Waals surface area contributed by atoms with Gasteiger partial charge in [-0.3, -0.25) is 4.79 Å². The van der Waals surface area contributed by atoms with Crippen LogP contribution in [0, 0.1) is 13.8 Å². The van der Waals surface area contributed by atoms with Gasteiger partial charge in [0.05, 0.1) is 24.8 Å². The van der Waals surface area contributed by atoms with Crippen LogP contribution in [-0.4, -0.2) is 36.9 Å². The number of hydrogen-bond donors (Lipinski definition) is 2. The van der Waals surface area contributed by atoms with Crippen molar-refractivity contribution >= 4 is 23.4 Å². The molecule has 2 rings (SSSR count). The molecule has 0 bridgehead atoms. The molecule has 0 aliphatic heterocycles. The first kappa shape index (κ1) is 19.2. The van der Waals surface area contributed by atoms with Crippen molar-refractivity contribution in [2.75, 3.05) is 20.2 Å². The standard InChI is InChI=1S/C19H23ClN2O3/c1-5-25-19(24)18-13(3)21-12(2)17(18)16(23)11-22(4)10-14-6-8-15(20)9-7-14/h6-9,21H,5,10-11H2,1-4H3/p+1. The number of Topliss-reactive ketones (excluding diaryl/α,β-unsaturated/α-hetero) is 1. The van der Waals surface area contributed by atoms with Crippen LogP contribution in [0.5, 0.6) is 0 Å². The minimum absolute atomic E-state index is 0.0728. The van der Waals surface area contributed by atoms with E-state index in [0.29, 0.717) is 34.1 Å². The van der Waals surface area contributed by atoms with Gasteiger partial charge in [-0.2, -0.15) is 0 Å². The number of quaternary nitrogens is 1. The summed E-state index contributed by atoms with van der Waals surface area (Å²) in [7, 11) is 1.95. The zero-order chi connectivity index (χ0) is 18.6. The highest BCUT2D eigenvalue weighted by molar-refractivity contribution is 6.30. The number of aromatic amines is 1. The molecule has 1 aromatic carbocycles. The Morgan fingerprint density at radius 3 is 2.32 bits per heavy atom. The van der Waals surface area contributed by atoms with Crippen molar-refractivity contribution in [3.8, 4) is 0 Å². The lowest BCUT2D eigenvalue weighted by atomic mass is 10.0. The van der Waals surface area contributed by atoms with E-state index in [9.17, 15) is 9.59 Å². The second-order valence-corrected chi connectivity index (χ2v) is 6.64. The smallest absolute Gasteiger partial charge is 0.340 e. The highest BCUT2D eigenvalue weighted by atomic mass is 35.5. The van der Waals surface area contributed by atoms with Gasteiger partial charge in [-0.05, 0) is 32.9 Å². The van der Waals surface area contributed by atoms with Crippen LogP contribution in [0.2, 0.25) is 5.02 Å². The molecule has 1 aromatic heterocycles. The molecule has 134 valence electrons. The van der Waals surface area contributed by atoms with Crippen LogP contribution in [0.3, 0.4) is 0 Å². The van der Waals surface area contributed by atoms with Crippen LogP contribution in [0.1, 0.15) is 44.6 Å². The first-order valence-electron chi connectivity index (χ1n) is 8.28. The monoisotopic (exact) mass is 363 g/mol. The fourth-order valence-corrected chi connectivity index (χ4v) is 3.09. The molecular weight excluding hydrogens is 340 g/mol. The van der Waals surface area contributed by atoms with Crippen molar-refractivity contribution in [3.05, 3.63) is 57.4 Å². The summed E-state index contributed by atoms with van der Waals surface area (Å²) in [5.74, 6) is -0.528. The lowest BCUT2D eigenvalue weighted by molar-refractivity contribution is -0.884. The number of likely N-dealkylation sites (N-methyl/N-ethyl adjacent to an activating group) is 1. The topological polar surface area (TPSA) is 63.6 Å². The van der Waals surface area contributed by atoms with E-state index in [4.69, 9.17) is 16.3 Å². The first-order chi connectivity index (χ1) is 11.8. The molecule has 0 radical (unpaired) electrons. The van der Waals surface area contributed by atoms with E-state index in [0.717, 1.165) is 10.5 Å². The maximum Gasteiger partial charge on any atom is 0.340 e. The summed E-state index contributed by atoms with van der Waals surface area (Å²) in [6, 6.07) is 7.58. The predicted molar refractivity (Wildman–Crippen MR) is 97.5 cm³/mol. The molecule has 0 saturated heterocycles. The maximum atomic E-state index is 12.8. The number of esters is 1. The summed E-state index contributed by atoms with van der Waals surface area (Å²) in [4.78, 5) is 29.1. The number of rotatable bonds is 7. The number of carbonyl (C=O) groups excluding carboxylic acids is 2. The summed E-state index contributed by atoms with van der Waals surface area (Å²) >= 11 is 5.90. The van der Waals surface area contributed by atoms with Gasteiger partial charge in [-0.15, -0.1) is 0 Å². The van der Waals surface area contributed by atoms with Gasteiger partial charge in [0, 0.05) is 22.0 Å². The third-order valence-electron chi connectivity index (χ3n) is 4.01. The molecule has 5 nitrogen and oxygen atoms in total. The Balaban J connectivity index is 2.14. The number of aryl methyl sites for hydroxylation is 2. The highest BCUT2D eigenvalue weighted by Gasteiger charge is 2.27. The SMILES string of the molecule is CCOC(=O)c1c(C)[nH]c(C)c1C(=O)C[NH+](C)Cc1ccc(Cl)cc1. The van der Waals surface area contributed by atoms with Gasteiger partial charge >= 0.3 is 5.97 Å². The zero-order valence-electron chi connectivity index (χ0n) is 15.0. The van der Waals surface area contributed by atoms with E-state index in [1.54, 1.807) is 20.8 Å². The van der Waals surface area contributed by atoms with Crippen LogP contribution in [0.4, 0.5) is 0 Å². The van der Waals surface area contributed by atoms with Gasteiger partial charge in [-0.1, -0.05) is 23.7 Å². The number of aromatic nitrogens is 1. The average Bonchev–Trinajstić information content (AvgIpc) is 2.84. The minimum atomic E-state index is -0.456. The van der Waals surface area contributed by atoms with Crippen LogP contribution >= 0.6 is 11.6 Å². The van der Waals surface area contributed by atoms with Gasteiger partial charge in [0.25, 0.3) is 0 Å². The Labute approximate surface area is 152 Å². The summed E-state index contributed by atoms with van der Waals surface area (Å²) < 4.78 is 5.09. The van der Waals surface area contributed by atoms with Crippen LogP contribution in [0.15, 0.2) is 24.3 Å². The number of ketones is 1. The van der Waals surface area contributed by atoms with E-state index in [1.807, 2.05) is 31.3 Å². The Morgan fingerprint density at radius 1 is 1.12 bits per heavy atom. The average molecular weight is 364 g/mol. The number of nitrogens with one attached hydrogen (secondary N) is 2. The van der Waals surface area contributed by atoms with Crippen molar-refractivity contribution < 1.29 is 19.2 Å². The zero-order valence-corrected chi connectivity index (χ0v) is 15.8. The quantitative estimate of drug-likeness (QED) is 0.586. The molecule has 0 saturated carbocycles. The first-order valence-corrected chi connectivity index (χ1v) is 8.66. The van der Waals surface area contributed by atoms with Crippen molar-refractivity contribution in [1.29, 1.82) is 0 Å². The second kappa shape index (κ2) is 8.32. The Kier molecular flexibility index (Phi) is 6.39. The summed E-state index contributed by atoms with van der Waals surface area (Å²) in [5, 5.41) is 0.690. The molecule has 6 heteroatoms. The largest absolute Gasteiger partial charge is 0.462 e. The number of benzene rings is 1. The van der Waals surface area contributed by atoms with Gasteiger partial charge in [0.1, 0.15) is 13.1 Å². The Bertz CT molecular complexity index is 766. The normalized spacial score (nSPS) is 12.0. The molecule has 0 fully saturated rings. The van der Waals surface area contributed by atoms with E-state index < -0.39 is 5.97 Å². The molecule has 0 spiro atoms. The van der Waals surface area contributed by atoms with Crippen molar-refractivity contribution in [1.82, 2.24) is 4.98 Å². The maximum absolute atomic E-state index is 12.8. The molecule has 0 aliphatic rings. The number of ether oxygens (including phenoxy) is 1. The predicted octanol–water partition coefficient (Wildman–Crippen LogP) is 2.36. The molecule has 1 heterocycles. The lowest BCUT2D eigenvalue weighted by Crippen LogP contribution is -3.08. The van der Waals surface area contributed by atoms with Crippen molar-refractivity contribution in [3.63, 3.8) is 0 Å². The van der Waals surface area contributed by atoms with Gasteiger partial charge < -0.3 is 14.6 Å². The Morgan fingerprint density at radius 2 is 1.72 bits per heavy atom. The van der Waals surface area contributed by atoms with E-state index >= 15 is 0 Å². The molecule has 1 unspecified atom stereocenters. The van der Waals surface area contributed by atoms with Gasteiger partial charge in [0.2, 0.25) is 5.78 Å².